The van der Waals surface area contributed by atoms with Gasteiger partial charge in [-0.3, -0.25) is 0 Å². The molecule has 0 amide bonds. The second-order valence-corrected chi connectivity index (χ2v) is 15.7. The van der Waals surface area contributed by atoms with E-state index in [0.29, 0.717) is 18.9 Å². The Morgan fingerprint density at radius 3 is 2.32 bits per heavy atom. The van der Waals surface area contributed by atoms with E-state index in [4.69, 9.17) is 4.43 Å². The summed E-state index contributed by atoms with van der Waals surface area (Å²) in [7, 11) is -2.57. The van der Waals surface area contributed by atoms with E-state index < -0.39 is 18.5 Å². The molecule has 1 heterocycles. The van der Waals surface area contributed by atoms with Crippen molar-refractivity contribution in [2.75, 3.05) is 20.7 Å². The number of hydrogen-bond donors (Lipinski definition) is 0. The summed E-state index contributed by atoms with van der Waals surface area (Å²) in [5, 5.41) is 0.0788. The van der Waals surface area contributed by atoms with E-state index in [-0.39, 0.29) is 11.0 Å². The van der Waals surface area contributed by atoms with E-state index in [9.17, 15) is 8.42 Å². The summed E-state index contributed by atoms with van der Waals surface area (Å²) in [5.74, 6) is 0.345. The molecule has 0 aliphatic heterocycles. The van der Waals surface area contributed by atoms with Gasteiger partial charge in [0.2, 0.25) is 0 Å². The molecular weight excluding hydrogens is 390 g/mol. The molecule has 0 saturated heterocycles. The van der Waals surface area contributed by atoms with Crippen molar-refractivity contribution in [1.82, 2.24) is 13.3 Å². The zero-order chi connectivity index (χ0) is 21.2. The number of rotatable bonds is 8. The van der Waals surface area contributed by atoms with Crippen LogP contribution in [0.15, 0.2) is 42.7 Å². The largest absolute Gasteiger partial charge is 0.416 e. The van der Waals surface area contributed by atoms with Crippen LogP contribution in [0.3, 0.4) is 0 Å². The van der Waals surface area contributed by atoms with Crippen molar-refractivity contribution in [3.05, 3.63) is 54.1 Å². The zero-order valence-electron chi connectivity index (χ0n) is 18.0. The Bertz CT molecular complexity index is 872. The maximum absolute atomic E-state index is 12.7. The van der Waals surface area contributed by atoms with Gasteiger partial charge in [0.1, 0.15) is 5.82 Å². The summed E-state index contributed by atoms with van der Waals surface area (Å²) in [5.41, 5.74) is 1.13. The number of imidazole rings is 1. The fourth-order valence-electron chi connectivity index (χ4n) is 2.61. The van der Waals surface area contributed by atoms with Crippen LogP contribution in [0.4, 0.5) is 0 Å². The van der Waals surface area contributed by atoms with Crippen LogP contribution in [-0.4, -0.2) is 50.7 Å². The van der Waals surface area contributed by atoms with Crippen molar-refractivity contribution >= 4 is 18.5 Å². The summed E-state index contributed by atoms with van der Waals surface area (Å²) >= 11 is 0. The van der Waals surface area contributed by atoms with Crippen LogP contribution in [-0.2, 0) is 21.1 Å². The first kappa shape index (κ1) is 22.8. The average molecular weight is 424 g/mol. The van der Waals surface area contributed by atoms with Crippen LogP contribution < -0.4 is 0 Å². The minimum Gasteiger partial charge on any atom is -0.416 e. The van der Waals surface area contributed by atoms with Gasteiger partial charge in [-0.1, -0.05) is 51.1 Å². The zero-order valence-corrected chi connectivity index (χ0v) is 19.8. The minimum atomic E-state index is -3.64. The van der Waals surface area contributed by atoms with E-state index in [0.717, 1.165) is 5.56 Å². The number of benzene rings is 1. The van der Waals surface area contributed by atoms with Crippen molar-refractivity contribution in [3.8, 4) is 0 Å². The molecule has 8 heteroatoms. The monoisotopic (exact) mass is 423 g/mol. The first-order chi connectivity index (χ1) is 12.9. The summed E-state index contributed by atoms with van der Waals surface area (Å²) in [6.45, 7) is 11.4. The molecule has 2 aromatic rings. The van der Waals surface area contributed by atoms with Crippen LogP contribution >= 0.6 is 0 Å². The molecule has 1 aromatic heterocycles. The molecule has 6 nitrogen and oxygen atoms in total. The molecule has 0 bridgehead atoms. The number of hydrogen-bond acceptors (Lipinski definition) is 4. The Balaban J connectivity index is 2.39. The molecule has 2 rings (SSSR count). The molecule has 28 heavy (non-hydrogen) atoms. The predicted molar refractivity (Wildman–Crippen MR) is 116 cm³/mol. The van der Waals surface area contributed by atoms with Crippen LogP contribution in [0.1, 0.15) is 38.1 Å². The third kappa shape index (κ3) is 5.11. The van der Waals surface area contributed by atoms with Gasteiger partial charge in [-0.05, 0) is 30.1 Å². The van der Waals surface area contributed by atoms with Crippen molar-refractivity contribution in [2.24, 2.45) is 0 Å². The lowest BCUT2D eigenvalue weighted by atomic mass is 9.99. The Morgan fingerprint density at radius 1 is 1.18 bits per heavy atom. The SMILES string of the molecule is CN(C)S(=O)(=O)n1ccnc1[C@H](CO[Si](C)(C)C(C)(C)C)Cc1ccccc1. The Hall–Kier alpha value is -1.48. The Kier molecular flexibility index (Phi) is 6.91. The topological polar surface area (TPSA) is 64.4 Å². The van der Waals surface area contributed by atoms with Gasteiger partial charge in [0.05, 0.1) is 0 Å². The van der Waals surface area contributed by atoms with Crippen molar-refractivity contribution < 1.29 is 12.8 Å². The highest BCUT2D eigenvalue weighted by Crippen LogP contribution is 2.37. The highest BCUT2D eigenvalue weighted by atomic mass is 32.2. The van der Waals surface area contributed by atoms with Crippen LogP contribution in [0.5, 0.6) is 0 Å². The second-order valence-electron chi connectivity index (χ2n) is 8.83. The van der Waals surface area contributed by atoms with E-state index in [2.05, 4.69) is 38.8 Å². The smallest absolute Gasteiger partial charge is 0.308 e. The van der Waals surface area contributed by atoms with Gasteiger partial charge in [0, 0.05) is 39.0 Å². The van der Waals surface area contributed by atoms with Crippen LogP contribution in [0, 0.1) is 0 Å². The quantitative estimate of drug-likeness (QED) is 0.604. The van der Waals surface area contributed by atoms with Crippen LogP contribution in [0.2, 0.25) is 18.1 Å². The predicted octanol–water partition coefficient (Wildman–Crippen LogP) is 3.89. The summed E-state index contributed by atoms with van der Waals surface area (Å²) in [4.78, 5) is 4.42. The standard InChI is InChI=1S/C20H33N3O3SSi/c1-20(2,3)28(6,7)26-16-18(15-17-11-9-8-10-12-17)19-21-13-14-23(19)27(24,25)22(4)5/h8-14,18H,15-16H2,1-7H3/t18-/m0/s1. The van der Waals surface area contributed by atoms with Crippen molar-refractivity contribution in [1.29, 1.82) is 0 Å². The molecule has 0 N–H and O–H groups in total. The van der Waals surface area contributed by atoms with Gasteiger partial charge in [-0.2, -0.15) is 12.7 Å². The summed E-state index contributed by atoms with van der Waals surface area (Å²) in [6, 6.07) is 10.1. The minimum absolute atomic E-state index is 0.0788. The lowest BCUT2D eigenvalue weighted by Crippen LogP contribution is -2.42. The van der Waals surface area contributed by atoms with E-state index in [1.165, 1.54) is 28.6 Å². The molecule has 1 aromatic carbocycles. The first-order valence-corrected chi connectivity index (χ1v) is 13.8. The molecule has 0 aliphatic carbocycles. The fourth-order valence-corrected chi connectivity index (χ4v) is 4.65. The third-order valence-electron chi connectivity index (χ3n) is 5.49. The summed E-state index contributed by atoms with van der Waals surface area (Å²) in [6.07, 6.45) is 3.71. The van der Waals surface area contributed by atoms with E-state index in [1.807, 2.05) is 30.3 Å². The van der Waals surface area contributed by atoms with Gasteiger partial charge < -0.3 is 4.43 Å². The van der Waals surface area contributed by atoms with Gasteiger partial charge in [-0.15, -0.1) is 0 Å². The molecule has 0 radical (unpaired) electrons. The normalized spacial score (nSPS) is 14.4. The molecular formula is C20H33N3O3SSi. The van der Waals surface area contributed by atoms with Gasteiger partial charge >= 0.3 is 10.2 Å². The number of nitrogens with zero attached hydrogens (tertiary/aromatic N) is 3. The Morgan fingerprint density at radius 2 is 1.79 bits per heavy atom. The van der Waals surface area contributed by atoms with Gasteiger partial charge in [0.15, 0.2) is 8.32 Å². The van der Waals surface area contributed by atoms with Crippen LogP contribution in [0.25, 0.3) is 0 Å². The van der Waals surface area contributed by atoms with E-state index in [1.54, 1.807) is 6.20 Å². The first-order valence-electron chi connectivity index (χ1n) is 9.50. The highest BCUT2D eigenvalue weighted by Gasteiger charge is 2.38. The molecule has 1 atom stereocenters. The van der Waals surface area contributed by atoms with E-state index >= 15 is 0 Å². The Labute approximate surface area is 170 Å². The fraction of sp³-hybridized carbons (Fsp3) is 0.550. The third-order valence-corrected chi connectivity index (χ3v) is 11.7. The molecule has 0 saturated carbocycles. The molecule has 0 aliphatic rings. The van der Waals surface area contributed by atoms with Crippen molar-refractivity contribution in [3.63, 3.8) is 0 Å². The average Bonchev–Trinajstić information content (AvgIpc) is 3.08. The second kappa shape index (κ2) is 8.48. The maximum Gasteiger partial charge on any atom is 0.308 e. The molecule has 0 fully saturated rings. The maximum atomic E-state index is 12.7. The van der Waals surface area contributed by atoms with Gasteiger partial charge in [0.25, 0.3) is 0 Å². The molecule has 0 spiro atoms. The van der Waals surface area contributed by atoms with Crippen molar-refractivity contribution in [2.45, 2.75) is 51.2 Å². The highest BCUT2D eigenvalue weighted by molar-refractivity contribution is 7.87. The summed E-state index contributed by atoms with van der Waals surface area (Å²) < 4.78 is 34.4. The lowest BCUT2D eigenvalue weighted by molar-refractivity contribution is 0.257. The lowest BCUT2D eigenvalue weighted by Gasteiger charge is -2.37. The van der Waals surface area contributed by atoms with Gasteiger partial charge in [-0.25, -0.2) is 8.96 Å². The molecule has 156 valence electrons. The number of aromatic nitrogens is 2. The molecule has 0 unspecified atom stereocenters.